The second-order valence-corrected chi connectivity index (χ2v) is 12.3. The number of nitrogens with one attached hydrogen (secondary N) is 2. The number of ether oxygens (including phenoxy) is 1. The number of rotatable bonds is 10. The molecular weight excluding hydrogens is 590 g/mol. The first-order valence-corrected chi connectivity index (χ1v) is 15.9. The normalized spacial score (nSPS) is 19.3. The average Bonchev–Trinajstić information content (AvgIpc) is 3.08. The van der Waals surface area contributed by atoms with Crippen molar-refractivity contribution in [1.29, 1.82) is 0 Å². The minimum Gasteiger partial charge on any atom is -0.497 e. The largest absolute Gasteiger partial charge is 0.497 e. The molecule has 0 bridgehead atoms. The molecule has 1 aliphatic heterocycles. The quantitative estimate of drug-likeness (QED) is 0.286. The maximum absolute atomic E-state index is 13.1. The second kappa shape index (κ2) is 14.6. The average molecular weight is 632 g/mol. The predicted octanol–water partition coefficient (Wildman–Crippen LogP) is 3.76. The van der Waals surface area contributed by atoms with Crippen LogP contribution in [0.5, 0.6) is 5.75 Å². The van der Waals surface area contributed by atoms with E-state index in [4.69, 9.17) is 9.15 Å². The summed E-state index contributed by atoms with van der Waals surface area (Å²) >= 11 is 0. The molecule has 46 heavy (non-hydrogen) atoms. The summed E-state index contributed by atoms with van der Waals surface area (Å²) in [7, 11) is 1.54. The van der Waals surface area contributed by atoms with E-state index in [1.165, 1.54) is 7.11 Å². The van der Waals surface area contributed by atoms with Gasteiger partial charge in [-0.25, -0.2) is 9.59 Å². The lowest BCUT2D eigenvalue weighted by atomic mass is 9.81. The smallest absolute Gasteiger partial charge is 0.340 e. The second-order valence-electron chi connectivity index (χ2n) is 12.3. The van der Waals surface area contributed by atoms with Crippen LogP contribution in [0.4, 0.5) is 0 Å². The highest BCUT2D eigenvalue weighted by Crippen LogP contribution is 2.30. The van der Waals surface area contributed by atoms with Gasteiger partial charge >= 0.3 is 11.6 Å². The third-order valence-corrected chi connectivity index (χ3v) is 9.49. The third-order valence-electron chi connectivity index (χ3n) is 9.49. The molecule has 1 aliphatic carbocycles. The fourth-order valence-electron chi connectivity index (χ4n) is 6.57. The molecule has 244 valence electrons. The summed E-state index contributed by atoms with van der Waals surface area (Å²) in [5, 5.41) is 16.1. The number of amides is 3. The molecule has 0 unspecified atom stereocenters. The molecule has 2 fully saturated rings. The van der Waals surface area contributed by atoms with Crippen molar-refractivity contribution in [3.63, 3.8) is 0 Å². The Morgan fingerprint density at radius 1 is 0.957 bits per heavy atom. The zero-order valence-corrected chi connectivity index (χ0v) is 26.3. The fraction of sp³-hybridized carbons (Fsp3) is 0.457. The molecule has 2 aromatic carbocycles. The van der Waals surface area contributed by atoms with E-state index in [-0.39, 0.29) is 41.9 Å². The molecule has 2 aliphatic rings. The van der Waals surface area contributed by atoms with Crippen LogP contribution in [0.2, 0.25) is 0 Å². The van der Waals surface area contributed by atoms with Gasteiger partial charge < -0.3 is 29.8 Å². The number of fused-ring (bicyclic) bond motifs is 1. The van der Waals surface area contributed by atoms with Crippen LogP contribution in [0.1, 0.15) is 61.3 Å². The topological polar surface area (TPSA) is 155 Å². The number of carbonyl (C=O) groups is 4. The van der Waals surface area contributed by atoms with Crippen molar-refractivity contribution in [2.24, 2.45) is 17.8 Å². The van der Waals surface area contributed by atoms with Crippen LogP contribution < -0.4 is 21.0 Å². The molecule has 1 atom stereocenters. The summed E-state index contributed by atoms with van der Waals surface area (Å²) in [4.78, 5) is 65.1. The number of nitrogens with zero attached hydrogens (tertiary/aromatic N) is 1. The highest BCUT2D eigenvalue weighted by atomic mass is 16.5. The van der Waals surface area contributed by atoms with E-state index < -0.39 is 17.6 Å². The lowest BCUT2D eigenvalue weighted by Crippen LogP contribution is -2.45. The lowest BCUT2D eigenvalue weighted by Gasteiger charge is -2.32. The molecule has 5 rings (SSSR count). The van der Waals surface area contributed by atoms with Gasteiger partial charge in [-0.15, -0.1) is 0 Å². The van der Waals surface area contributed by atoms with E-state index >= 15 is 0 Å². The van der Waals surface area contributed by atoms with Crippen molar-refractivity contribution >= 4 is 34.7 Å². The number of piperidine rings is 1. The zero-order chi connectivity index (χ0) is 32.8. The van der Waals surface area contributed by atoms with Gasteiger partial charge in [0.1, 0.15) is 11.3 Å². The number of hydrogen-bond acceptors (Lipinski definition) is 7. The van der Waals surface area contributed by atoms with Crippen molar-refractivity contribution < 1.29 is 33.4 Å². The maximum atomic E-state index is 13.1. The Morgan fingerprint density at radius 3 is 2.28 bits per heavy atom. The number of carbonyl (C=O) groups excluding carboxylic acids is 3. The van der Waals surface area contributed by atoms with Crippen LogP contribution >= 0.6 is 0 Å². The van der Waals surface area contributed by atoms with Crippen LogP contribution in [0.3, 0.4) is 0 Å². The molecule has 1 saturated carbocycles. The summed E-state index contributed by atoms with van der Waals surface area (Å²) in [6.07, 6.45) is 3.84. The summed E-state index contributed by atoms with van der Waals surface area (Å²) in [5.74, 6) is -1.17. The standard InChI is InChI=1S/C35H41N3O8/c1-21-27-13-12-26(45-2)18-29(27)46-35(44)28(21)19-30(39)38-16-14-25(15-17-38)32(40)36-20-22-8-10-24(11-9-22)33(41)37-31(34(42)43)23-6-4-3-5-7-23/h3-7,12-13,18,22,24-25,31H,8-11,14-17,19-20H2,1-2H3,(H,36,40)(H,37,41)(H,42,43)/t22?,24?,31-/m0/s1. The van der Waals surface area contributed by atoms with Gasteiger partial charge in [-0.05, 0) is 74.6 Å². The van der Waals surface area contributed by atoms with Gasteiger partial charge in [-0.3, -0.25) is 14.4 Å². The summed E-state index contributed by atoms with van der Waals surface area (Å²) < 4.78 is 10.7. The van der Waals surface area contributed by atoms with E-state index in [1.54, 1.807) is 47.4 Å². The molecular formula is C35H41N3O8. The van der Waals surface area contributed by atoms with Crippen LogP contribution in [0.25, 0.3) is 11.0 Å². The molecule has 2 heterocycles. The van der Waals surface area contributed by atoms with Gasteiger partial charge in [0.25, 0.3) is 0 Å². The number of aliphatic carboxylic acids is 1. The van der Waals surface area contributed by atoms with Gasteiger partial charge in [0.05, 0.1) is 19.1 Å². The lowest BCUT2D eigenvalue weighted by molar-refractivity contribution is -0.143. The summed E-state index contributed by atoms with van der Waals surface area (Å²) in [5.41, 5.74) is 1.46. The number of aryl methyl sites for hydroxylation is 1. The number of methoxy groups -OCH3 is 1. The van der Waals surface area contributed by atoms with Crippen molar-refractivity contribution in [2.45, 2.75) is 57.9 Å². The molecule has 0 spiro atoms. The zero-order valence-electron chi connectivity index (χ0n) is 26.3. The van der Waals surface area contributed by atoms with E-state index in [1.807, 2.05) is 13.0 Å². The Balaban J connectivity index is 1.05. The molecule has 3 N–H and O–H groups in total. The Bertz CT molecular complexity index is 1640. The molecule has 11 nitrogen and oxygen atoms in total. The first kappa shape index (κ1) is 32.7. The molecule has 1 saturated heterocycles. The number of likely N-dealkylation sites (tertiary alicyclic amines) is 1. The van der Waals surface area contributed by atoms with Crippen LogP contribution in [0, 0.1) is 24.7 Å². The third kappa shape index (κ3) is 7.58. The predicted molar refractivity (Wildman–Crippen MR) is 170 cm³/mol. The van der Waals surface area contributed by atoms with Gasteiger partial charge in [0, 0.05) is 42.9 Å². The Morgan fingerprint density at radius 2 is 1.63 bits per heavy atom. The van der Waals surface area contributed by atoms with E-state index in [0.717, 1.165) is 18.2 Å². The van der Waals surface area contributed by atoms with E-state index in [9.17, 15) is 29.1 Å². The highest BCUT2D eigenvalue weighted by molar-refractivity contribution is 5.87. The molecule has 11 heteroatoms. The first-order valence-electron chi connectivity index (χ1n) is 15.9. The van der Waals surface area contributed by atoms with Crippen LogP contribution in [-0.2, 0) is 25.6 Å². The van der Waals surface area contributed by atoms with E-state index in [2.05, 4.69) is 10.6 Å². The minimum atomic E-state index is -1.10. The fourth-order valence-corrected chi connectivity index (χ4v) is 6.57. The maximum Gasteiger partial charge on any atom is 0.340 e. The summed E-state index contributed by atoms with van der Waals surface area (Å²) in [6.45, 7) is 3.21. The Hall–Kier alpha value is -4.67. The molecule has 0 radical (unpaired) electrons. The molecule has 1 aromatic heterocycles. The van der Waals surface area contributed by atoms with Gasteiger partial charge in [-0.2, -0.15) is 0 Å². The van der Waals surface area contributed by atoms with Crippen molar-refractivity contribution in [2.75, 3.05) is 26.7 Å². The van der Waals surface area contributed by atoms with Gasteiger partial charge in [-0.1, -0.05) is 30.3 Å². The van der Waals surface area contributed by atoms with E-state index in [0.29, 0.717) is 73.3 Å². The SMILES string of the molecule is COc1ccc2c(C)c(CC(=O)N3CCC(C(=O)NCC4CCC(C(=O)N[C@H](C(=O)O)c5ccccc5)CC4)CC3)c(=O)oc2c1. The van der Waals surface area contributed by atoms with Gasteiger partial charge in [0.15, 0.2) is 6.04 Å². The highest BCUT2D eigenvalue weighted by Gasteiger charge is 2.32. The molecule has 3 amide bonds. The van der Waals surface area contributed by atoms with Crippen LogP contribution in [0.15, 0.2) is 57.7 Å². The summed E-state index contributed by atoms with van der Waals surface area (Å²) in [6, 6.07) is 12.8. The number of carboxylic acids is 1. The van der Waals surface area contributed by atoms with Crippen molar-refractivity contribution in [3.05, 3.63) is 75.6 Å². The monoisotopic (exact) mass is 631 g/mol. The first-order chi connectivity index (χ1) is 22.1. The minimum absolute atomic E-state index is 0.0272. The Kier molecular flexibility index (Phi) is 10.4. The Labute approximate surface area is 267 Å². The number of benzene rings is 2. The van der Waals surface area contributed by atoms with Gasteiger partial charge in [0.2, 0.25) is 17.7 Å². The number of hydrogen-bond donors (Lipinski definition) is 3. The van der Waals surface area contributed by atoms with Crippen molar-refractivity contribution in [3.8, 4) is 5.75 Å². The molecule has 3 aromatic rings. The van der Waals surface area contributed by atoms with Crippen LogP contribution in [-0.4, -0.2) is 60.4 Å². The number of carboxylic acid groups (broad SMARTS) is 1. The van der Waals surface area contributed by atoms with Crippen molar-refractivity contribution in [1.82, 2.24) is 15.5 Å².